The van der Waals surface area contributed by atoms with Crippen molar-refractivity contribution in [1.29, 1.82) is 0 Å². The molecule has 1 heterocycles. The van der Waals surface area contributed by atoms with E-state index in [9.17, 15) is 9.59 Å². The fourth-order valence-corrected chi connectivity index (χ4v) is 3.32. The number of nitrogens with one attached hydrogen (secondary N) is 2. The van der Waals surface area contributed by atoms with E-state index in [1.807, 2.05) is 31.2 Å². The average Bonchev–Trinajstić information content (AvgIpc) is 3.08. The number of aryl methyl sites for hydroxylation is 1. The second-order valence-corrected chi connectivity index (χ2v) is 6.81. The van der Waals surface area contributed by atoms with Crippen molar-refractivity contribution in [2.45, 2.75) is 39.5 Å². The molecule has 1 aliphatic rings. The largest absolute Gasteiger partial charge is 0.494 e. The van der Waals surface area contributed by atoms with Gasteiger partial charge in [-0.25, -0.2) is 0 Å². The van der Waals surface area contributed by atoms with E-state index in [-0.39, 0.29) is 23.7 Å². The number of amides is 2. The molecule has 27 heavy (non-hydrogen) atoms. The number of carbonyl (C=O) groups excluding carboxylic acids is 2. The van der Waals surface area contributed by atoms with Gasteiger partial charge in [0.15, 0.2) is 5.82 Å². The van der Waals surface area contributed by atoms with Crippen LogP contribution in [0, 0.1) is 18.8 Å². The first-order valence-electron chi connectivity index (χ1n) is 9.33. The molecule has 1 saturated carbocycles. The molecular formula is C20H25N3O4. The molecule has 1 aromatic heterocycles. The van der Waals surface area contributed by atoms with Gasteiger partial charge in [-0.05, 0) is 63.8 Å². The summed E-state index contributed by atoms with van der Waals surface area (Å²) >= 11 is 0. The van der Waals surface area contributed by atoms with Crippen molar-refractivity contribution in [3.63, 3.8) is 0 Å². The topological polar surface area (TPSA) is 93.5 Å². The summed E-state index contributed by atoms with van der Waals surface area (Å²) in [6.45, 7) is 4.31. The Morgan fingerprint density at radius 1 is 1.07 bits per heavy atom. The number of hydrogen-bond acceptors (Lipinski definition) is 5. The molecule has 0 bridgehead atoms. The molecule has 7 heteroatoms. The summed E-state index contributed by atoms with van der Waals surface area (Å²) in [5.41, 5.74) is 0.754. The zero-order chi connectivity index (χ0) is 19.2. The minimum atomic E-state index is -0.100. The highest BCUT2D eigenvalue weighted by molar-refractivity contribution is 5.94. The van der Waals surface area contributed by atoms with Crippen LogP contribution in [0.25, 0.3) is 0 Å². The lowest BCUT2D eigenvalue weighted by molar-refractivity contribution is -0.125. The van der Waals surface area contributed by atoms with Gasteiger partial charge in [-0.1, -0.05) is 5.16 Å². The summed E-state index contributed by atoms with van der Waals surface area (Å²) in [5, 5.41) is 9.50. The van der Waals surface area contributed by atoms with Gasteiger partial charge < -0.3 is 19.9 Å². The number of nitrogens with zero attached hydrogens (tertiary/aromatic N) is 1. The molecule has 0 unspecified atom stereocenters. The standard InChI is InChI=1S/C20H25N3O4/c1-3-26-17-10-8-16(9-11-17)21-19(24)14-4-6-15(7-5-14)20(25)22-18-12-13(2)27-23-18/h8-12,14-15H,3-7H2,1-2H3,(H,21,24)(H,22,23,25). The van der Waals surface area contributed by atoms with Crippen LogP contribution in [0.15, 0.2) is 34.9 Å². The molecule has 0 aliphatic heterocycles. The lowest BCUT2D eigenvalue weighted by Gasteiger charge is -2.26. The molecule has 144 valence electrons. The van der Waals surface area contributed by atoms with Gasteiger partial charge in [0.05, 0.1) is 6.61 Å². The van der Waals surface area contributed by atoms with Crippen LogP contribution in [-0.4, -0.2) is 23.6 Å². The quantitative estimate of drug-likeness (QED) is 0.806. The molecule has 2 aromatic rings. The van der Waals surface area contributed by atoms with Crippen molar-refractivity contribution in [1.82, 2.24) is 5.16 Å². The predicted molar refractivity (Wildman–Crippen MR) is 102 cm³/mol. The number of anilines is 2. The molecule has 2 amide bonds. The summed E-state index contributed by atoms with van der Waals surface area (Å²) < 4.78 is 10.4. The summed E-state index contributed by atoms with van der Waals surface area (Å²) in [6.07, 6.45) is 2.76. The second kappa shape index (κ2) is 8.70. The fraction of sp³-hybridized carbons (Fsp3) is 0.450. The van der Waals surface area contributed by atoms with E-state index >= 15 is 0 Å². The Hall–Kier alpha value is -2.83. The van der Waals surface area contributed by atoms with Crippen molar-refractivity contribution in [2.75, 3.05) is 17.2 Å². The van der Waals surface area contributed by atoms with Crippen molar-refractivity contribution >= 4 is 23.3 Å². The maximum atomic E-state index is 12.5. The first kappa shape index (κ1) is 18.9. The third-order valence-corrected chi connectivity index (χ3v) is 4.78. The SMILES string of the molecule is CCOc1ccc(NC(=O)C2CCC(C(=O)Nc3cc(C)on3)CC2)cc1. The lowest BCUT2D eigenvalue weighted by Crippen LogP contribution is -2.32. The van der Waals surface area contributed by atoms with Crippen LogP contribution in [-0.2, 0) is 9.59 Å². The number of ether oxygens (including phenoxy) is 1. The van der Waals surface area contributed by atoms with Crippen LogP contribution in [0.5, 0.6) is 5.75 Å². The average molecular weight is 371 g/mol. The van der Waals surface area contributed by atoms with Gasteiger partial charge >= 0.3 is 0 Å². The fourth-order valence-electron chi connectivity index (χ4n) is 3.32. The third kappa shape index (κ3) is 5.09. The van der Waals surface area contributed by atoms with E-state index in [4.69, 9.17) is 9.26 Å². The van der Waals surface area contributed by atoms with Crippen molar-refractivity contribution < 1.29 is 18.8 Å². The highest BCUT2D eigenvalue weighted by atomic mass is 16.5. The van der Waals surface area contributed by atoms with Crippen molar-refractivity contribution in [3.8, 4) is 5.75 Å². The predicted octanol–water partition coefficient (Wildman–Crippen LogP) is 3.77. The number of hydrogen-bond donors (Lipinski definition) is 2. The monoisotopic (exact) mass is 371 g/mol. The van der Waals surface area contributed by atoms with Gasteiger partial charge in [-0.3, -0.25) is 9.59 Å². The highest BCUT2D eigenvalue weighted by Crippen LogP contribution is 2.30. The molecule has 7 nitrogen and oxygen atoms in total. The van der Waals surface area contributed by atoms with E-state index in [0.29, 0.717) is 43.9 Å². The Morgan fingerprint density at radius 2 is 1.67 bits per heavy atom. The highest BCUT2D eigenvalue weighted by Gasteiger charge is 2.30. The van der Waals surface area contributed by atoms with Gasteiger partial charge in [0, 0.05) is 23.6 Å². The third-order valence-electron chi connectivity index (χ3n) is 4.78. The first-order valence-corrected chi connectivity index (χ1v) is 9.33. The van der Waals surface area contributed by atoms with Crippen LogP contribution in [0.3, 0.4) is 0 Å². The molecule has 3 rings (SSSR count). The summed E-state index contributed by atoms with van der Waals surface area (Å²) in [5.74, 6) is 1.64. The molecule has 1 aromatic carbocycles. The van der Waals surface area contributed by atoms with Crippen molar-refractivity contribution in [3.05, 3.63) is 36.1 Å². The summed E-state index contributed by atoms with van der Waals surface area (Å²) in [7, 11) is 0. The molecule has 0 atom stereocenters. The lowest BCUT2D eigenvalue weighted by atomic mass is 9.81. The minimum absolute atomic E-state index is 0.00476. The summed E-state index contributed by atoms with van der Waals surface area (Å²) in [4.78, 5) is 24.8. The zero-order valence-electron chi connectivity index (χ0n) is 15.7. The minimum Gasteiger partial charge on any atom is -0.494 e. The maximum absolute atomic E-state index is 12.5. The van der Waals surface area contributed by atoms with Gasteiger partial charge in [0.2, 0.25) is 11.8 Å². The van der Waals surface area contributed by atoms with E-state index in [0.717, 1.165) is 11.4 Å². The molecule has 0 saturated heterocycles. The van der Waals surface area contributed by atoms with E-state index < -0.39 is 0 Å². The molecular weight excluding hydrogens is 346 g/mol. The molecule has 1 fully saturated rings. The Balaban J connectivity index is 1.46. The number of aromatic nitrogens is 1. The Bertz CT molecular complexity index is 777. The van der Waals surface area contributed by atoms with Gasteiger partial charge in [-0.15, -0.1) is 0 Å². The smallest absolute Gasteiger partial charge is 0.228 e. The second-order valence-electron chi connectivity index (χ2n) is 6.81. The number of rotatable bonds is 6. The van der Waals surface area contributed by atoms with E-state index in [2.05, 4.69) is 15.8 Å². The normalized spacial score (nSPS) is 19.3. The van der Waals surface area contributed by atoms with Crippen molar-refractivity contribution in [2.24, 2.45) is 11.8 Å². The molecule has 0 spiro atoms. The Labute approximate surface area is 158 Å². The van der Waals surface area contributed by atoms with Gasteiger partial charge in [0.1, 0.15) is 11.5 Å². The Morgan fingerprint density at radius 3 is 2.19 bits per heavy atom. The molecule has 1 aliphatic carbocycles. The van der Waals surface area contributed by atoms with Gasteiger partial charge in [0.25, 0.3) is 0 Å². The van der Waals surface area contributed by atoms with Crippen LogP contribution in [0.2, 0.25) is 0 Å². The van der Waals surface area contributed by atoms with Crippen LogP contribution in [0.1, 0.15) is 38.4 Å². The van der Waals surface area contributed by atoms with Crippen LogP contribution in [0.4, 0.5) is 11.5 Å². The number of carbonyl (C=O) groups is 2. The molecule has 2 N–H and O–H groups in total. The Kier molecular flexibility index (Phi) is 6.11. The summed E-state index contributed by atoms with van der Waals surface area (Å²) in [6, 6.07) is 9.04. The van der Waals surface area contributed by atoms with E-state index in [1.165, 1.54) is 0 Å². The van der Waals surface area contributed by atoms with Crippen LogP contribution < -0.4 is 15.4 Å². The molecule has 0 radical (unpaired) electrons. The van der Waals surface area contributed by atoms with Gasteiger partial charge in [-0.2, -0.15) is 0 Å². The maximum Gasteiger partial charge on any atom is 0.228 e. The van der Waals surface area contributed by atoms with E-state index in [1.54, 1.807) is 13.0 Å². The zero-order valence-corrected chi connectivity index (χ0v) is 15.7. The van der Waals surface area contributed by atoms with Crippen LogP contribution >= 0.6 is 0 Å². The first-order chi connectivity index (χ1) is 13.0. The number of benzene rings is 1.